The second-order valence-corrected chi connectivity index (χ2v) is 5.60. The third-order valence-corrected chi connectivity index (χ3v) is 4.86. The quantitative estimate of drug-likeness (QED) is 0.687. The molecule has 0 N–H and O–H groups in total. The number of methoxy groups -OCH3 is 1. The SMILES string of the molecule is COc1ccccc1[Si]1CCCCO1. The first-order chi connectivity index (χ1) is 6.92. The van der Waals surface area contributed by atoms with Crippen LogP contribution in [0, 0.1) is 0 Å². The van der Waals surface area contributed by atoms with Gasteiger partial charge in [-0.1, -0.05) is 24.6 Å². The van der Waals surface area contributed by atoms with Crippen LogP contribution in [0.5, 0.6) is 5.75 Å². The van der Waals surface area contributed by atoms with Gasteiger partial charge in [-0.3, -0.25) is 0 Å². The molecule has 3 heteroatoms. The van der Waals surface area contributed by atoms with Gasteiger partial charge in [-0.2, -0.15) is 0 Å². The summed E-state index contributed by atoms with van der Waals surface area (Å²) in [5.41, 5.74) is 0. The first-order valence-corrected chi connectivity index (χ1v) is 6.65. The van der Waals surface area contributed by atoms with Gasteiger partial charge in [0, 0.05) is 11.8 Å². The molecule has 1 radical (unpaired) electrons. The molecule has 0 unspecified atom stereocenters. The normalized spacial score (nSPS) is 18.1. The number of para-hydroxylation sites is 1. The van der Waals surface area contributed by atoms with Crippen molar-refractivity contribution in [2.24, 2.45) is 0 Å². The topological polar surface area (TPSA) is 18.5 Å². The van der Waals surface area contributed by atoms with Crippen molar-refractivity contribution in [3.05, 3.63) is 24.3 Å². The lowest BCUT2D eigenvalue weighted by atomic mass is 10.3. The molecule has 1 aliphatic rings. The van der Waals surface area contributed by atoms with Gasteiger partial charge in [0.05, 0.1) is 7.11 Å². The van der Waals surface area contributed by atoms with E-state index in [-0.39, 0.29) is 0 Å². The first-order valence-electron chi connectivity index (χ1n) is 5.04. The van der Waals surface area contributed by atoms with Crippen LogP contribution >= 0.6 is 0 Å². The maximum absolute atomic E-state index is 5.83. The Balaban J connectivity index is 2.20. The molecule has 1 aromatic carbocycles. The summed E-state index contributed by atoms with van der Waals surface area (Å²) in [6.45, 7) is 0.923. The zero-order valence-electron chi connectivity index (χ0n) is 8.45. The zero-order valence-corrected chi connectivity index (χ0v) is 9.45. The highest BCUT2D eigenvalue weighted by Gasteiger charge is 2.22. The highest BCUT2D eigenvalue weighted by atomic mass is 28.3. The summed E-state index contributed by atoms with van der Waals surface area (Å²) in [7, 11) is 0.934. The number of rotatable bonds is 2. The van der Waals surface area contributed by atoms with E-state index in [1.54, 1.807) is 7.11 Å². The molecule has 1 heterocycles. The van der Waals surface area contributed by atoms with Gasteiger partial charge in [-0.15, -0.1) is 0 Å². The van der Waals surface area contributed by atoms with Gasteiger partial charge in [0.1, 0.15) is 5.75 Å². The lowest BCUT2D eigenvalue weighted by molar-refractivity contribution is 0.293. The van der Waals surface area contributed by atoms with Crippen molar-refractivity contribution in [2.75, 3.05) is 13.7 Å². The van der Waals surface area contributed by atoms with Crippen LogP contribution in [-0.2, 0) is 4.43 Å². The molecule has 0 amide bonds. The van der Waals surface area contributed by atoms with E-state index < -0.39 is 9.04 Å². The van der Waals surface area contributed by atoms with E-state index in [9.17, 15) is 0 Å². The zero-order chi connectivity index (χ0) is 9.80. The summed E-state index contributed by atoms with van der Waals surface area (Å²) in [5, 5.41) is 1.29. The van der Waals surface area contributed by atoms with Gasteiger partial charge in [-0.05, 0) is 18.5 Å². The molecule has 14 heavy (non-hydrogen) atoms. The minimum atomic E-state index is -0.792. The number of ether oxygens (including phenoxy) is 1. The van der Waals surface area contributed by atoms with E-state index >= 15 is 0 Å². The molecule has 0 saturated carbocycles. The molecule has 1 aliphatic heterocycles. The minimum absolute atomic E-state index is 0.792. The van der Waals surface area contributed by atoms with Crippen LogP contribution in [0.3, 0.4) is 0 Å². The summed E-state index contributed by atoms with van der Waals surface area (Å²) in [4.78, 5) is 0. The Morgan fingerprint density at radius 1 is 1.29 bits per heavy atom. The van der Waals surface area contributed by atoms with Crippen LogP contribution in [0.15, 0.2) is 24.3 Å². The van der Waals surface area contributed by atoms with Crippen LogP contribution in [-0.4, -0.2) is 22.8 Å². The minimum Gasteiger partial charge on any atom is -0.497 e. The Bertz CT molecular complexity index is 295. The van der Waals surface area contributed by atoms with Gasteiger partial charge >= 0.3 is 0 Å². The van der Waals surface area contributed by atoms with Gasteiger partial charge in [0.25, 0.3) is 0 Å². The van der Waals surface area contributed by atoms with Crippen LogP contribution in [0.25, 0.3) is 0 Å². The standard InChI is InChI=1S/C11H15O2Si/c1-12-10-6-2-3-7-11(10)14-9-5-4-8-13-14/h2-3,6-7H,4-5,8-9H2,1H3. The van der Waals surface area contributed by atoms with E-state index in [1.165, 1.54) is 24.1 Å². The summed E-state index contributed by atoms with van der Waals surface area (Å²) < 4.78 is 11.2. The Morgan fingerprint density at radius 2 is 2.14 bits per heavy atom. The van der Waals surface area contributed by atoms with Crippen LogP contribution in [0.1, 0.15) is 12.8 Å². The second-order valence-electron chi connectivity index (χ2n) is 3.43. The van der Waals surface area contributed by atoms with Gasteiger partial charge in [0.2, 0.25) is 9.04 Å². The van der Waals surface area contributed by atoms with E-state index in [0.717, 1.165) is 12.4 Å². The Kier molecular flexibility index (Phi) is 3.21. The summed E-state index contributed by atoms with van der Waals surface area (Å²) in [6, 6.07) is 9.44. The van der Waals surface area contributed by atoms with E-state index in [4.69, 9.17) is 9.16 Å². The summed E-state index contributed by atoms with van der Waals surface area (Å²) in [5.74, 6) is 0.989. The second kappa shape index (κ2) is 4.62. The van der Waals surface area contributed by atoms with E-state index in [2.05, 4.69) is 12.1 Å². The number of benzene rings is 1. The molecule has 1 saturated heterocycles. The average Bonchev–Trinajstić information content (AvgIpc) is 2.30. The number of hydrogen-bond donors (Lipinski definition) is 0. The van der Waals surface area contributed by atoms with Crippen molar-refractivity contribution in [1.29, 1.82) is 0 Å². The highest BCUT2D eigenvalue weighted by molar-refractivity contribution is 6.68. The maximum atomic E-state index is 5.83. The molecule has 2 nitrogen and oxygen atoms in total. The highest BCUT2D eigenvalue weighted by Crippen LogP contribution is 2.15. The van der Waals surface area contributed by atoms with Gasteiger partial charge in [-0.25, -0.2) is 0 Å². The molecular weight excluding hydrogens is 192 g/mol. The van der Waals surface area contributed by atoms with E-state index in [0.29, 0.717) is 0 Å². The van der Waals surface area contributed by atoms with Crippen molar-refractivity contribution in [3.8, 4) is 5.75 Å². The van der Waals surface area contributed by atoms with Crippen molar-refractivity contribution in [1.82, 2.24) is 0 Å². The van der Waals surface area contributed by atoms with Gasteiger partial charge < -0.3 is 9.16 Å². The maximum Gasteiger partial charge on any atom is 0.250 e. The fraction of sp³-hybridized carbons (Fsp3) is 0.455. The van der Waals surface area contributed by atoms with Crippen molar-refractivity contribution < 1.29 is 9.16 Å². The summed E-state index contributed by atoms with van der Waals surface area (Å²) in [6.07, 6.45) is 2.51. The smallest absolute Gasteiger partial charge is 0.250 e. The molecule has 75 valence electrons. The molecule has 0 bridgehead atoms. The van der Waals surface area contributed by atoms with Crippen molar-refractivity contribution >= 4 is 14.2 Å². The third-order valence-electron chi connectivity index (χ3n) is 2.48. The molecule has 0 spiro atoms. The fourth-order valence-corrected chi connectivity index (χ4v) is 4.02. The number of hydrogen-bond acceptors (Lipinski definition) is 2. The van der Waals surface area contributed by atoms with Crippen LogP contribution in [0.4, 0.5) is 0 Å². The average molecular weight is 207 g/mol. The van der Waals surface area contributed by atoms with Gasteiger partial charge in [0.15, 0.2) is 0 Å². The molecule has 0 aromatic heterocycles. The van der Waals surface area contributed by atoms with E-state index in [1.807, 2.05) is 12.1 Å². The Hall–Kier alpha value is -0.803. The molecule has 1 fully saturated rings. The molecular formula is C11H15O2Si. The monoisotopic (exact) mass is 207 g/mol. The van der Waals surface area contributed by atoms with Crippen LogP contribution in [0.2, 0.25) is 6.04 Å². The summed E-state index contributed by atoms with van der Waals surface area (Å²) >= 11 is 0. The lowest BCUT2D eigenvalue weighted by Crippen LogP contribution is -2.37. The lowest BCUT2D eigenvalue weighted by Gasteiger charge is -2.21. The Morgan fingerprint density at radius 3 is 2.86 bits per heavy atom. The molecule has 0 aliphatic carbocycles. The predicted octanol–water partition coefficient (Wildman–Crippen LogP) is 1.70. The third kappa shape index (κ3) is 1.99. The van der Waals surface area contributed by atoms with Crippen LogP contribution < -0.4 is 9.92 Å². The first kappa shape index (κ1) is 9.74. The van der Waals surface area contributed by atoms with Crippen molar-refractivity contribution in [2.45, 2.75) is 18.9 Å². The fourth-order valence-electron chi connectivity index (χ4n) is 1.74. The Labute approximate surface area is 86.6 Å². The molecule has 2 rings (SSSR count). The molecule has 0 atom stereocenters. The largest absolute Gasteiger partial charge is 0.497 e. The molecule has 1 aromatic rings. The van der Waals surface area contributed by atoms with Crippen molar-refractivity contribution in [3.63, 3.8) is 0 Å². The predicted molar refractivity (Wildman–Crippen MR) is 58.4 cm³/mol.